The van der Waals surface area contributed by atoms with Gasteiger partial charge in [0.1, 0.15) is 11.0 Å². The van der Waals surface area contributed by atoms with Gasteiger partial charge in [0.25, 0.3) is 0 Å². The highest BCUT2D eigenvalue weighted by atomic mass is 127. The van der Waals surface area contributed by atoms with Gasteiger partial charge in [0.15, 0.2) is 0 Å². The topological polar surface area (TPSA) is 35.0 Å². The summed E-state index contributed by atoms with van der Waals surface area (Å²) in [5.74, 6) is 1.56. The van der Waals surface area contributed by atoms with Crippen molar-refractivity contribution in [2.24, 2.45) is 0 Å². The number of thioether (sulfide) groups is 1. The van der Waals surface area contributed by atoms with Crippen LogP contribution in [-0.2, 0) is 17.1 Å². The normalized spacial score (nSPS) is 11.1. The Morgan fingerprint density at radius 2 is 2.12 bits per heavy atom. The third-order valence-electron chi connectivity index (χ3n) is 1.75. The monoisotopic (exact) mass is 372 g/mol. The molecule has 0 spiro atoms. The molecule has 0 aliphatic heterocycles. The molecule has 1 aromatic rings. The van der Waals surface area contributed by atoms with E-state index in [2.05, 4.69) is 46.4 Å². The van der Waals surface area contributed by atoms with Gasteiger partial charge >= 0.3 is 0 Å². The number of hydrogen-bond acceptors (Lipinski definition) is 4. The summed E-state index contributed by atoms with van der Waals surface area (Å²) in [5, 5.41) is 1.08. The van der Waals surface area contributed by atoms with Crippen LogP contribution in [0.25, 0.3) is 0 Å². The lowest BCUT2D eigenvalue weighted by Gasteiger charge is -2.08. The average Bonchev–Trinajstić information content (AvgIpc) is 2.22. The van der Waals surface area contributed by atoms with Gasteiger partial charge in [0.2, 0.25) is 0 Å². The quantitative estimate of drug-likeness (QED) is 0.585. The second kappa shape index (κ2) is 6.98. The summed E-state index contributed by atoms with van der Waals surface area (Å²) >= 11 is 9.99. The van der Waals surface area contributed by atoms with Gasteiger partial charge in [-0.05, 0) is 27.8 Å². The zero-order valence-corrected chi connectivity index (χ0v) is 13.2. The van der Waals surface area contributed by atoms with E-state index in [4.69, 9.17) is 16.3 Å². The number of halogens is 2. The molecular weight excluding hydrogens is 359 g/mol. The van der Waals surface area contributed by atoms with Crippen LogP contribution in [0, 0.1) is 3.57 Å². The Labute approximate surface area is 119 Å². The van der Waals surface area contributed by atoms with Gasteiger partial charge in [-0.25, -0.2) is 9.97 Å². The Hall–Kier alpha value is 0.410. The first kappa shape index (κ1) is 14.5. The fourth-order valence-corrected chi connectivity index (χ4v) is 2.26. The van der Waals surface area contributed by atoms with Crippen molar-refractivity contribution in [3.8, 4) is 0 Å². The number of rotatable bonds is 5. The van der Waals surface area contributed by atoms with Crippen LogP contribution in [0.1, 0.15) is 25.4 Å². The lowest BCUT2D eigenvalue weighted by Crippen LogP contribution is -2.04. The molecule has 0 aromatic carbocycles. The number of aromatic nitrogens is 2. The minimum absolute atomic E-state index is 0.472. The molecular formula is C10H14ClIN2OS. The van der Waals surface area contributed by atoms with Crippen molar-refractivity contribution in [1.29, 1.82) is 0 Å². The first-order valence-corrected chi connectivity index (χ1v) is 7.36. The van der Waals surface area contributed by atoms with Crippen molar-refractivity contribution in [2.45, 2.75) is 31.5 Å². The molecule has 0 N–H and O–H groups in total. The molecule has 0 saturated heterocycles. The molecule has 0 bridgehead atoms. The number of ether oxygens (including phenoxy) is 1. The van der Waals surface area contributed by atoms with Crippen molar-refractivity contribution < 1.29 is 4.74 Å². The average molecular weight is 373 g/mol. The van der Waals surface area contributed by atoms with Crippen molar-refractivity contribution in [3.05, 3.63) is 20.2 Å². The van der Waals surface area contributed by atoms with E-state index in [0.29, 0.717) is 17.0 Å². The van der Waals surface area contributed by atoms with Crippen molar-refractivity contribution >= 4 is 46.0 Å². The minimum Gasteiger partial charge on any atom is -0.378 e. The Morgan fingerprint density at radius 3 is 2.69 bits per heavy atom. The van der Waals surface area contributed by atoms with Gasteiger partial charge in [0.05, 0.1) is 21.6 Å². The summed E-state index contributed by atoms with van der Waals surface area (Å²) in [7, 11) is 1.65. The number of hydrogen-bond donors (Lipinski definition) is 0. The van der Waals surface area contributed by atoms with Gasteiger partial charge in [0, 0.05) is 7.11 Å². The first-order chi connectivity index (χ1) is 7.54. The third kappa shape index (κ3) is 4.35. The molecule has 0 aliphatic carbocycles. The molecule has 16 heavy (non-hydrogen) atoms. The maximum Gasteiger partial charge on any atom is 0.146 e. The molecule has 0 unspecified atom stereocenters. The van der Waals surface area contributed by atoms with E-state index in [0.717, 1.165) is 20.8 Å². The van der Waals surface area contributed by atoms with Crippen LogP contribution in [0.4, 0.5) is 0 Å². The lowest BCUT2D eigenvalue weighted by molar-refractivity contribution is 0.180. The molecule has 0 aliphatic rings. The van der Waals surface area contributed by atoms with E-state index < -0.39 is 0 Å². The molecule has 0 atom stereocenters. The highest BCUT2D eigenvalue weighted by molar-refractivity contribution is 14.1. The van der Waals surface area contributed by atoms with E-state index >= 15 is 0 Å². The van der Waals surface area contributed by atoms with Gasteiger partial charge in [-0.2, -0.15) is 11.8 Å². The predicted molar refractivity (Wildman–Crippen MR) is 76.9 cm³/mol. The van der Waals surface area contributed by atoms with Crippen LogP contribution in [0.15, 0.2) is 0 Å². The Kier molecular flexibility index (Phi) is 6.31. The fraction of sp³-hybridized carbons (Fsp3) is 0.600. The van der Waals surface area contributed by atoms with E-state index in [1.54, 1.807) is 18.9 Å². The maximum absolute atomic E-state index is 6.05. The summed E-state index contributed by atoms with van der Waals surface area (Å²) in [5.41, 5.74) is 0.863. The van der Waals surface area contributed by atoms with E-state index in [1.165, 1.54) is 0 Å². The molecule has 0 radical (unpaired) electrons. The van der Waals surface area contributed by atoms with Crippen molar-refractivity contribution in [1.82, 2.24) is 9.97 Å². The zero-order chi connectivity index (χ0) is 12.1. The Balaban J connectivity index is 2.86. The second-order valence-corrected chi connectivity index (χ2v) is 6.49. The highest BCUT2D eigenvalue weighted by Gasteiger charge is 2.10. The standard InChI is InChI=1S/C10H14ClIN2OS/c1-6(2)16-5-8-13-7(4-15-3)9(12)10(11)14-8/h6H,4-5H2,1-3H3. The van der Waals surface area contributed by atoms with Crippen LogP contribution < -0.4 is 0 Å². The van der Waals surface area contributed by atoms with Crippen molar-refractivity contribution in [2.75, 3.05) is 7.11 Å². The van der Waals surface area contributed by atoms with Gasteiger partial charge in [-0.1, -0.05) is 25.4 Å². The van der Waals surface area contributed by atoms with E-state index in [-0.39, 0.29) is 0 Å². The van der Waals surface area contributed by atoms with Gasteiger partial charge in [-0.3, -0.25) is 0 Å². The molecule has 0 fully saturated rings. The molecule has 1 aromatic heterocycles. The van der Waals surface area contributed by atoms with Gasteiger partial charge in [-0.15, -0.1) is 0 Å². The van der Waals surface area contributed by atoms with Crippen LogP contribution in [-0.4, -0.2) is 22.3 Å². The predicted octanol–water partition coefficient (Wildman–Crippen LogP) is 3.52. The summed E-state index contributed by atoms with van der Waals surface area (Å²) < 4.78 is 5.96. The minimum atomic E-state index is 0.472. The molecule has 3 nitrogen and oxygen atoms in total. The molecule has 0 amide bonds. The molecule has 1 rings (SSSR count). The van der Waals surface area contributed by atoms with Crippen LogP contribution >= 0.6 is 46.0 Å². The maximum atomic E-state index is 6.05. The van der Waals surface area contributed by atoms with Crippen LogP contribution in [0.2, 0.25) is 5.15 Å². The highest BCUT2D eigenvalue weighted by Crippen LogP contribution is 2.22. The summed E-state index contributed by atoms with van der Waals surface area (Å²) in [6, 6.07) is 0. The van der Waals surface area contributed by atoms with Crippen LogP contribution in [0.3, 0.4) is 0 Å². The SMILES string of the molecule is COCc1nc(CSC(C)C)nc(Cl)c1I. The van der Waals surface area contributed by atoms with E-state index in [1.807, 2.05) is 0 Å². The molecule has 6 heteroatoms. The Bertz CT molecular complexity index is 363. The number of methoxy groups -OCH3 is 1. The molecule has 90 valence electrons. The summed E-state index contributed by atoms with van der Waals surface area (Å²) in [6.07, 6.45) is 0. The van der Waals surface area contributed by atoms with E-state index in [9.17, 15) is 0 Å². The molecule has 1 heterocycles. The second-order valence-electron chi connectivity index (χ2n) is 3.48. The van der Waals surface area contributed by atoms with Gasteiger partial charge < -0.3 is 4.74 Å². The summed E-state index contributed by atoms with van der Waals surface area (Å²) in [6.45, 7) is 4.77. The zero-order valence-electron chi connectivity index (χ0n) is 9.46. The fourth-order valence-electron chi connectivity index (χ4n) is 1.05. The van der Waals surface area contributed by atoms with Crippen LogP contribution in [0.5, 0.6) is 0 Å². The smallest absolute Gasteiger partial charge is 0.146 e. The molecule has 0 saturated carbocycles. The summed E-state index contributed by atoms with van der Waals surface area (Å²) in [4.78, 5) is 8.70. The lowest BCUT2D eigenvalue weighted by atomic mass is 10.4. The third-order valence-corrected chi connectivity index (χ3v) is 4.57. The Morgan fingerprint density at radius 1 is 1.44 bits per heavy atom. The number of nitrogens with zero attached hydrogens (tertiary/aromatic N) is 2. The first-order valence-electron chi connectivity index (χ1n) is 4.86. The largest absolute Gasteiger partial charge is 0.378 e. The van der Waals surface area contributed by atoms with Crippen molar-refractivity contribution in [3.63, 3.8) is 0 Å².